The molecular formula is C25H21N5O5S. The first kappa shape index (κ1) is 23.2. The summed E-state index contributed by atoms with van der Waals surface area (Å²) in [4.78, 5) is 15.8. The van der Waals surface area contributed by atoms with Gasteiger partial charge < -0.3 is 9.15 Å². The highest BCUT2D eigenvalue weighted by Gasteiger charge is 2.15. The molecule has 0 fully saturated rings. The van der Waals surface area contributed by atoms with E-state index in [2.05, 4.69) is 20.0 Å². The molecule has 0 aliphatic heterocycles. The fourth-order valence-electron chi connectivity index (χ4n) is 3.70. The minimum absolute atomic E-state index is 0.0919. The number of aryl methyl sites for hydroxylation is 2. The first-order valence-electron chi connectivity index (χ1n) is 10.9. The number of aromatic nitrogens is 4. The molecule has 2 aromatic carbocycles. The maximum Gasteiger partial charge on any atom is 0.336 e. The van der Waals surface area contributed by atoms with E-state index < -0.39 is 15.6 Å². The van der Waals surface area contributed by atoms with Crippen LogP contribution in [0.2, 0.25) is 0 Å². The van der Waals surface area contributed by atoms with Gasteiger partial charge in [-0.15, -0.1) is 5.10 Å². The van der Waals surface area contributed by atoms with Gasteiger partial charge in [0.15, 0.2) is 0 Å². The molecule has 3 aromatic heterocycles. The number of benzene rings is 2. The molecule has 0 aliphatic carbocycles. The van der Waals surface area contributed by atoms with Crippen LogP contribution >= 0.6 is 0 Å². The highest BCUT2D eigenvalue weighted by Crippen LogP contribution is 2.28. The zero-order valence-corrected chi connectivity index (χ0v) is 20.2. The second kappa shape index (κ2) is 9.27. The van der Waals surface area contributed by atoms with Crippen LogP contribution in [0.3, 0.4) is 0 Å². The zero-order valence-electron chi connectivity index (χ0n) is 19.4. The fourth-order valence-corrected chi connectivity index (χ4v) is 4.71. The third-order valence-electron chi connectivity index (χ3n) is 5.55. The summed E-state index contributed by atoms with van der Waals surface area (Å²) in [7, 11) is -3.78. The van der Waals surface area contributed by atoms with E-state index in [9.17, 15) is 13.2 Å². The van der Waals surface area contributed by atoms with E-state index >= 15 is 0 Å². The highest BCUT2D eigenvalue weighted by atomic mass is 32.2. The van der Waals surface area contributed by atoms with E-state index in [1.54, 1.807) is 36.5 Å². The monoisotopic (exact) mass is 503 g/mol. The van der Waals surface area contributed by atoms with Crippen LogP contribution in [0, 0.1) is 13.8 Å². The number of anilines is 1. The normalized spacial score (nSPS) is 11.5. The van der Waals surface area contributed by atoms with E-state index in [1.807, 2.05) is 26.0 Å². The Hall–Kier alpha value is -4.51. The molecule has 0 atom stereocenters. The molecule has 0 saturated heterocycles. The Bertz CT molecular complexity index is 1710. The minimum Gasteiger partial charge on any atom is -0.487 e. The Labute approximate surface area is 206 Å². The standard InChI is InChI=1S/C25H21N5O5S/c1-16-13-24(31)35-25-17(2)22(11-10-21(16)25)34-15-18-14-30(29-27-18)19-6-8-20(9-7-19)36(32,33)28-23-5-3-4-12-26-23/h3-14H,15H2,1-2H3,(H,26,28). The summed E-state index contributed by atoms with van der Waals surface area (Å²) in [6.07, 6.45) is 3.20. The van der Waals surface area contributed by atoms with E-state index in [0.29, 0.717) is 22.7 Å². The summed E-state index contributed by atoms with van der Waals surface area (Å²) in [5.74, 6) is 0.808. The molecule has 0 aliphatic rings. The second-order valence-corrected chi connectivity index (χ2v) is 9.75. The molecule has 3 heterocycles. The zero-order chi connectivity index (χ0) is 25.3. The lowest BCUT2D eigenvalue weighted by atomic mass is 10.1. The number of hydrogen-bond acceptors (Lipinski definition) is 8. The van der Waals surface area contributed by atoms with Crippen LogP contribution in [0.1, 0.15) is 16.8 Å². The third-order valence-corrected chi connectivity index (χ3v) is 6.92. The molecule has 0 spiro atoms. The van der Waals surface area contributed by atoms with Crippen molar-refractivity contribution in [1.82, 2.24) is 20.0 Å². The van der Waals surface area contributed by atoms with Crippen molar-refractivity contribution in [2.75, 3.05) is 4.72 Å². The van der Waals surface area contributed by atoms with Crippen LogP contribution in [-0.2, 0) is 16.6 Å². The summed E-state index contributed by atoms with van der Waals surface area (Å²) in [6.45, 7) is 3.83. The number of fused-ring (bicyclic) bond motifs is 1. The maximum atomic E-state index is 12.6. The summed E-state index contributed by atoms with van der Waals surface area (Å²) in [5, 5.41) is 9.09. The molecule has 0 amide bonds. The van der Waals surface area contributed by atoms with Crippen LogP contribution in [0.15, 0.2) is 87.2 Å². The molecule has 5 aromatic rings. The lowest BCUT2D eigenvalue weighted by molar-refractivity contribution is 0.299. The van der Waals surface area contributed by atoms with Crippen molar-refractivity contribution in [3.63, 3.8) is 0 Å². The Balaban J connectivity index is 1.29. The molecule has 0 radical (unpaired) electrons. The van der Waals surface area contributed by atoms with Gasteiger partial charge in [-0.1, -0.05) is 11.3 Å². The van der Waals surface area contributed by atoms with E-state index in [-0.39, 0.29) is 17.3 Å². The summed E-state index contributed by atoms with van der Waals surface area (Å²) in [6, 6.07) is 16.3. The number of ether oxygens (including phenoxy) is 1. The number of rotatable bonds is 7. The summed E-state index contributed by atoms with van der Waals surface area (Å²) >= 11 is 0. The highest BCUT2D eigenvalue weighted by molar-refractivity contribution is 7.92. The first-order valence-corrected chi connectivity index (χ1v) is 12.4. The van der Waals surface area contributed by atoms with Gasteiger partial charge in [0.2, 0.25) is 0 Å². The Morgan fingerprint density at radius 1 is 1.06 bits per heavy atom. The number of nitrogens with zero attached hydrogens (tertiary/aromatic N) is 4. The molecule has 0 saturated carbocycles. The lowest BCUT2D eigenvalue weighted by Gasteiger charge is -2.10. The molecular weight excluding hydrogens is 482 g/mol. The van der Waals surface area contributed by atoms with E-state index in [1.165, 1.54) is 29.1 Å². The average Bonchev–Trinajstić information content (AvgIpc) is 3.33. The average molecular weight is 504 g/mol. The van der Waals surface area contributed by atoms with Gasteiger partial charge in [0.1, 0.15) is 29.5 Å². The van der Waals surface area contributed by atoms with E-state index in [0.717, 1.165) is 16.5 Å². The van der Waals surface area contributed by atoms with Gasteiger partial charge in [-0.05, 0) is 67.9 Å². The lowest BCUT2D eigenvalue weighted by Crippen LogP contribution is -2.13. The number of pyridine rings is 1. The molecule has 11 heteroatoms. The van der Waals surface area contributed by atoms with Gasteiger partial charge in [0.05, 0.1) is 16.8 Å². The molecule has 0 unspecified atom stereocenters. The maximum absolute atomic E-state index is 12.6. The van der Waals surface area contributed by atoms with Crippen LogP contribution in [-0.4, -0.2) is 28.4 Å². The van der Waals surface area contributed by atoms with Crippen molar-refractivity contribution in [3.8, 4) is 11.4 Å². The van der Waals surface area contributed by atoms with Gasteiger partial charge >= 0.3 is 5.63 Å². The fraction of sp³-hybridized carbons (Fsp3) is 0.120. The summed E-state index contributed by atoms with van der Waals surface area (Å²) in [5.41, 5.74) is 2.84. The van der Waals surface area contributed by atoms with Crippen molar-refractivity contribution in [2.24, 2.45) is 0 Å². The van der Waals surface area contributed by atoms with Gasteiger partial charge in [0.25, 0.3) is 10.0 Å². The Morgan fingerprint density at radius 2 is 1.86 bits per heavy atom. The topological polar surface area (TPSA) is 129 Å². The molecule has 182 valence electrons. The third kappa shape index (κ3) is 4.68. The second-order valence-electron chi connectivity index (χ2n) is 8.07. The predicted octanol–water partition coefficient (Wildman–Crippen LogP) is 3.77. The number of hydrogen-bond donors (Lipinski definition) is 1. The van der Waals surface area contributed by atoms with Crippen molar-refractivity contribution < 1.29 is 17.6 Å². The van der Waals surface area contributed by atoms with Crippen LogP contribution in [0.4, 0.5) is 5.82 Å². The molecule has 0 bridgehead atoms. The van der Waals surface area contributed by atoms with Crippen molar-refractivity contribution >= 4 is 26.8 Å². The SMILES string of the molecule is Cc1cc(=O)oc2c(C)c(OCc3cn(-c4ccc(S(=O)(=O)Nc5ccccn5)cc4)nn3)ccc12. The predicted molar refractivity (Wildman–Crippen MR) is 133 cm³/mol. The Kier molecular flexibility index (Phi) is 5.98. The van der Waals surface area contributed by atoms with Gasteiger partial charge in [-0.25, -0.2) is 22.9 Å². The summed E-state index contributed by atoms with van der Waals surface area (Å²) < 4.78 is 40.4. The van der Waals surface area contributed by atoms with Gasteiger partial charge in [0, 0.05) is 23.2 Å². The van der Waals surface area contributed by atoms with Crippen molar-refractivity contribution in [2.45, 2.75) is 25.3 Å². The van der Waals surface area contributed by atoms with Crippen LogP contribution in [0.25, 0.3) is 16.7 Å². The minimum atomic E-state index is -3.78. The van der Waals surface area contributed by atoms with Gasteiger partial charge in [-0.3, -0.25) is 4.72 Å². The largest absolute Gasteiger partial charge is 0.487 e. The van der Waals surface area contributed by atoms with E-state index in [4.69, 9.17) is 9.15 Å². The Morgan fingerprint density at radius 3 is 2.61 bits per heavy atom. The van der Waals surface area contributed by atoms with Crippen molar-refractivity contribution in [1.29, 1.82) is 0 Å². The number of nitrogens with one attached hydrogen (secondary N) is 1. The smallest absolute Gasteiger partial charge is 0.336 e. The molecule has 5 rings (SSSR count). The van der Waals surface area contributed by atoms with Crippen LogP contribution < -0.4 is 15.1 Å². The van der Waals surface area contributed by atoms with Crippen LogP contribution in [0.5, 0.6) is 5.75 Å². The van der Waals surface area contributed by atoms with Crippen molar-refractivity contribution in [3.05, 3.63) is 100 Å². The molecule has 1 N–H and O–H groups in total. The number of sulfonamides is 1. The first-order chi connectivity index (χ1) is 17.3. The quantitative estimate of drug-likeness (QED) is 0.332. The molecule has 10 nitrogen and oxygen atoms in total. The van der Waals surface area contributed by atoms with Gasteiger partial charge in [-0.2, -0.15) is 0 Å². The molecule has 36 heavy (non-hydrogen) atoms.